The van der Waals surface area contributed by atoms with Crippen molar-refractivity contribution in [3.63, 3.8) is 0 Å². The summed E-state index contributed by atoms with van der Waals surface area (Å²) in [5.41, 5.74) is 0. The van der Waals surface area contributed by atoms with Gasteiger partial charge in [-0.1, -0.05) is 25.7 Å². The van der Waals surface area contributed by atoms with E-state index in [1.165, 1.54) is 51.4 Å². The van der Waals surface area contributed by atoms with Crippen LogP contribution in [0.4, 0.5) is 0 Å². The first-order valence-corrected chi connectivity index (χ1v) is 7.01. The van der Waals surface area contributed by atoms with E-state index in [2.05, 4.69) is 0 Å². The maximum Gasteiger partial charge on any atom is 0.0462 e. The highest BCUT2D eigenvalue weighted by molar-refractivity contribution is 4.97. The monoisotopic (exact) mass is 208 g/mol. The molecule has 5 unspecified atom stereocenters. The molecular formula is C14H24O. The van der Waals surface area contributed by atoms with Crippen molar-refractivity contribution >= 4 is 0 Å². The molecule has 3 aliphatic rings. The van der Waals surface area contributed by atoms with Gasteiger partial charge in [0.2, 0.25) is 0 Å². The van der Waals surface area contributed by atoms with Gasteiger partial charge in [0.25, 0.3) is 0 Å². The number of fused-ring (bicyclic) bond motifs is 3. The molecule has 5 atom stereocenters. The summed E-state index contributed by atoms with van der Waals surface area (Å²) in [4.78, 5) is 0. The maximum atomic E-state index is 9.47. The third-order valence-electron chi connectivity index (χ3n) is 5.60. The van der Waals surface area contributed by atoms with E-state index in [9.17, 15) is 5.11 Å². The number of aliphatic hydroxyl groups excluding tert-OH is 1. The average molecular weight is 208 g/mol. The normalized spacial score (nSPS) is 49.8. The zero-order valence-electron chi connectivity index (χ0n) is 9.70. The lowest BCUT2D eigenvalue weighted by atomic mass is 9.70. The summed E-state index contributed by atoms with van der Waals surface area (Å²) >= 11 is 0. The smallest absolute Gasteiger partial charge is 0.0462 e. The summed E-state index contributed by atoms with van der Waals surface area (Å²) in [7, 11) is 0. The molecule has 0 heterocycles. The Morgan fingerprint density at radius 3 is 2.47 bits per heavy atom. The van der Waals surface area contributed by atoms with E-state index in [-0.39, 0.29) is 0 Å². The maximum absolute atomic E-state index is 9.47. The van der Waals surface area contributed by atoms with Crippen molar-refractivity contribution in [2.75, 3.05) is 6.61 Å². The Kier molecular flexibility index (Phi) is 2.76. The summed E-state index contributed by atoms with van der Waals surface area (Å²) in [5, 5.41) is 9.47. The van der Waals surface area contributed by atoms with Crippen LogP contribution in [0, 0.1) is 29.6 Å². The molecule has 3 fully saturated rings. The van der Waals surface area contributed by atoms with Gasteiger partial charge in [-0.05, 0) is 55.3 Å². The predicted octanol–water partition coefficient (Wildman–Crippen LogP) is 3.22. The fourth-order valence-electron chi connectivity index (χ4n) is 4.96. The van der Waals surface area contributed by atoms with Crippen molar-refractivity contribution in [2.45, 2.75) is 51.4 Å². The molecule has 0 aliphatic heterocycles. The Labute approximate surface area is 93.3 Å². The van der Waals surface area contributed by atoms with E-state index >= 15 is 0 Å². The Balaban J connectivity index is 1.77. The van der Waals surface area contributed by atoms with E-state index in [1.54, 1.807) is 0 Å². The van der Waals surface area contributed by atoms with Crippen molar-refractivity contribution in [3.8, 4) is 0 Å². The highest BCUT2D eigenvalue weighted by Gasteiger charge is 2.47. The topological polar surface area (TPSA) is 20.2 Å². The molecule has 0 aromatic heterocycles. The van der Waals surface area contributed by atoms with Gasteiger partial charge in [-0.15, -0.1) is 0 Å². The molecule has 3 rings (SSSR count). The molecule has 86 valence electrons. The third-order valence-corrected chi connectivity index (χ3v) is 5.60. The van der Waals surface area contributed by atoms with Crippen molar-refractivity contribution in [2.24, 2.45) is 29.6 Å². The van der Waals surface area contributed by atoms with Crippen LogP contribution < -0.4 is 0 Å². The standard InChI is InChI=1S/C14H24O/c15-9-11-5-3-7-13-12-6-2-1-4-10(12)8-14(11)13/h10-15H,1-9H2. The van der Waals surface area contributed by atoms with Crippen molar-refractivity contribution < 1.29 is 5.11 Å². The SMILES string of the molecule is OCC1CCCC2C3CCCCC3CC12. The van der Waals surface area contributed by atoms with Crippen LogP contribution in [0.25, 0.3) is 0 Å². The molecule has 0 spiro atoms. The van der Waals surface area contributed by atoms with E-state index in [1.807, 2.05) is 0 Å². The van der Waals surface area contributed by atoms with Crippen LogP contribution in [0.5, 0.6) is 0 Å². The molecule has 0 saturated heterocycles. The first-order chi connectivity index (χ1) is 7.40. The quantitative estimate of drug-likeness (QED) is 0.701. The highest BCUT2D eigenvalue weighted by atomic mass is 16.3. The molecule has 15 heavy (non-hydrogen) atoms. The minimum Gasteiger partial charge on any atom is -0.396 e. The molecule has 1 N–H and O–H groups in total. The molecule has 0 amide bonds. The number of hydrogen-bond donors (Lipinski definition) is 1. The van der Waals surface area contributed by atoms with E-state index in [0.717, 1.165) is 23.7 Å². The number of rotatable bonds is 1. The summed E-state index contributed by atoms with van der Waals surface area (Å²) in [6.45, 7) is 0.459. The average Bonchev–Trinajstić information content (AvgIpc) is 2.67. The minimum atomic E-state index is 0.459. The van der Waals surface area contributed by atoms with Crippen LogP contribution in [0.2, 0.25) is 0 Å². The zero-order chi connectivity index (χ0) is 10.3. The Bertz CT molecular complexity index is 225. The molecule has 0 bridgehead atoms. The van der Waals surface area contributed by atoms with Gasteiger partial charge in [0.15, 0.2) is 0 Å². The Morgan fingerprint density at radius 1 is 0.800 bits per heavy atom. The summed E-state index contributed by atoms with van der Waals surface area (Å²) in [6, 6.07) is 0. The van der Waals surface area contributed by atoms with E-state index in [4.69, 9.17) is 0 Å². The zero-order valence-corrected chi connectivity index (χ0v) is 9.70. The fraction of sp³-hybridized carbons (Fsp3) is 1.00. The molecule has 0 radical (unpaired) electrons. The van der Waals surface area contributed by atoms with Crippen molar-refractivity contribution in [3.05, 3.63) is 0 Å². The molecular weight excluding hydrogens is 184 g/mol. The fourth-order valence-corrected chi connectivity index (χ4v) is 4.96. The van der Waals surface area contributed by atoms with Gasteiger partial charge in [0, 0.05) is 6.61 Å². The van der Waals surface area contributed by atoms with Gasteiger partial charge in [0.1, 0.15) is 0 Å². The first kappa shape index (κ1) is 10.1. The second-order valence-corrected chi connectivity index (χ2v) is 6.15. The molecule has 3 aliphatic carbocycles. The van der Waals surface area contributed by atoms with Gasteiger partial charge < -0.3 is 5.11 Å². The van der Waals surface area contributed by atoms with Gasteiger partial charge in [-0.25, -0.2) is 0 Å². The minimum absolute atomic E-state index is 0.459. The van der Waals surface area contributed by atoms with Crippen LogP contribution >= 0.6 is 0 Å². The Morgan fingerprint density at radius 2 is 1.60 bits per heavy atom. The molecule has 3 saturated carbocycles. The molecule has 0 aromatic carbocycles. The van der Waals surface area contributed by atoms with Crippen LogP contribution in [-0.4, -0.2) is 11.7 Å². The number of hydrogen-bond acceptors (Lipinski definition) is 1. The van der Waals surface area contributed by atoms with Crippen LogP contribution in [-0.2, 0) is 0 Å². The first-order valence-electron chi connectivity index (χ1n) is 7.01. The summed E-state index contributed by atoms with van der Waals surface area (Å²) < 4.78 is 0. The lowest BCUT2D eigenvalue weighted by Gasteiger charge is -2.36. The lowest BCUT2D eigenvalue weighted by Crippen LogP contribution is -2.29. The van der Waals surface area contributed by atoms with Gasteiger partial charge in [-0.2, -0.15) is 0 Å². The molecule has 1 nitrogen and oxygen atoms in total. The second-order valence-electron chi connectivity index (χ2n) is 6.15. The van der Waals surface area contributed by atoms with Crippen molar-refractivity contribution in [1.29, 1.82) is 0 Å². The molecule has 1 heteroatoms. The predicted molar refractivity (Wildman–Crippen MR) is 61.5 cm³/mol. The van der Waals surface area contributed by atoms with Gasteiger partial charge >= 0.3 is 0 Å². The van der Waals surface area contributed by atoms with Crippen LogP contribution in [0.1, 0.15) is 51.4 Å². The molecule has 0 aromatic rings. The van der Waals surface area contributed by atoms with Crippen LogP contribution in [0.3, 0.4) is 0 Å². The van der Waals surface area contributed by atoms with Crippen LogP contribution in [0.15, 0.2) is 0 Å². The van der Waals surface area contributed by atoms with Gasteiger partial charge in [-0.3, -0.25) is 0 Å². The van der Waals surface area contributed by atoms with Gasteiger partial charge in [0.05, 0.1) is 0 Å². The number of aliphatic hydroxyl groups is 1. The Hall–Kier alpha value is -0.0400. The third kappa shape index (κ3) is 1.63. The summed E-state index contributed by atoms with van der Waals surface area (Å²) in [5.74, 6) is 4.66. The second kappa shape index (κ2) is 4.08. The summed E-state index contributed by atoms with van der Waals surface area (Å²) in [6.07, 6.45) is 11.6. The van der Waals surface area contributed by atoms with E-state index in [0.29, 0.717) is 12.5 Å². The lowest BCUT2D eigenvalue weighted by molar-refractivity contribution is 0.0899. The highest BCUT2D eigenvalue weighted by Crippen LogP contribution is 2.55. The van der Waals surface area contributed by atoms with Crippen molar-refractivity contribution in [1.82, 2.24) is 0 Å². The van der Waals surface area contributed by atoms with E-state index < -0.39 is 0 Å². The largest absolute Gasteiger partial charge is 0.396 e.